The van der Waals surface area contributed by atoms with Crippen molar-refractivity contribution in [1.29, 1.82) is 0 Å². The van der Waals surface area contributed by atoms with E-state index in [0.717, 1.165) is 37.8 Å². The maximum atomic E-state index is 14.3. The molecular weight excluding hydrogens is 472 g/mol. The van der Waals surface area contributed by atoms with Crippen LogP contribution in [0.1, 0.15) is 64.0 Å². The third kappa shape index (κ3) is 6.76. The third-order valence-electron chi connectivity index (χ3n) is 5.39. The van der Waals surface area contributed by atoms with Crippen LogP contribution in [0.5, 0.6) is 5.75 Å². The second-order valence-corrected chi connectivity index (χ2v) is 7.94. The van der Waals surface area contributed by atoms with Gasteiger partial charge in [0.05, 0.1) is 24.8 Å². The highest BCUT2D eigenvalue weighted by Crippen LogP contribution is 2.31. The Bertz CT molecular complexity index is 661. The molecule has 7 heteroatoms. The van der Waals surface area contributed by atoms with Gasteiger partial charge in [-0.3, -0.25) is 4.99 Å². The topological polar surface area (TPSA) is 65.9 Å². The lowest BCUT2D eigenvalue weighted by Gasteiger charge is -2.22. The molecule has 2 saturated carbocycles. The Morgan fingerprint density at radius 1 is 1.36 bits per heavy atom. The van der Waals surface area contributed by atoms with Gasteiger partial charge in [-0.15, -0.1) is 24.0 Å². The quantitative estimate of drug-likeness (QED) is 0.282. The number of aliphatic imine (C=N–C) groups is 1. The molecule has 2 aliphatic carbocycles. The summed E-state index contributed by atoms with van der Waals surface area (Å²) in [6.07, 6.45) is 6.09. The van der Waals surface area contributed by atoms with Gasteiger partial charge in [0.2, 0.25) is 0 Å². The van der Waals surface area contributed by atoms with Crippen LogP contribution in [-0.2, 0) is 0 Å². The van der Waals surface area contributed by atoms with Crippen LogP contribution < -0.4 is 15.4 Å². The number of rotatable bonds is 8. The molecule has 0 heterocycles. The van der Waals surface area contributed by atoms with Crippen molar-refractivity contribution in [3.05, 3.63) is 29.6 Å². The number of benzene rings is 1. The summed E-state index contributed by atoms with van der Waals surface area (Å²) >= 11 is 0. The molecule has 158 valence electrons. The fraction of sp³-hybridized carbons (Fsp3) is 0.667. The zero-order chi connectivity index (χ0) is 19.3. The molecule has 0 saturated heterocycles. The van der Waals surface area contributed by atoms with Gasteiger partial charge < -0.3 is 20.5 Å². The minimum absolute atomic E-state index is 0. The minimum atomic E-state index is -0.682. The van der Waals surface area contributed by atoms with Crippen LogP contribution >= 0.6 is 24.0 Å². The van der Waals surface area contributed by atoms with Gasteiger partial charge >= 0.3 is 0 Å². The number of hydrogen-bond acceptors (Lipinski definition) is 3. The van der Waals surface area contributed by atoms with Gasteiger partial charge in [0.15, 0.2) is 17.5 Å². The molecule has 0 aromatic heterocycles. The second-order valence-electron chi connectivity index (χ2n) is 7.94. The van der Waals surface area contributed by atoms with E-state index in [1.807, 2.05) is 19.9 Å². The maximum Gasteiger partial charge on any atom is 0.191 e. The van der Waals surface area contributed by atoms with E-state index < -0.39 is 5.60 Å². The Balaban J connectivity index is 0.00000280. The summed E-state index contributed by atoms with van der Waals surface area (Å²) in [5.74, 6) is 1.23. The highest BCUT2D eigenvalue weighted by molar-refractivity contribution is 14.0. The van der Waals surface area contributed by atoms with Crippen molar-refractivity contribution in [2.24, 2.45) is 10.9 Å². The molecule has 1 atom stereocenters. The summed E-state index contributed by atoms with van der Waals surface area (Å²) < 4.78 is 19.9. The summed E-state index contributed by atoms with van der Waals surface area (Å²) in [6, 6.07) is 5.00. The second kappa shape index (κ2) is 10.6. The van der Waals surface area contributed by atoms with Crippen molar-refractivity contribution in [3.8, 4) is 5.75 Å². The average Bonchev–Trinajstić information content (AvgIpc) is 3.38. The van der Waals surface area contributed by atoms with Crippen molar-refractivity contribution in [3.63, 3.8) is 0 Å². The molecule has 0 aliphatic heterocycles. The Kier molecular flexibility index (Phi) is 8.80. The van der Waals surface area contributed by atoms with Gasteiger partial charge in [-0.2, -0.15) is 0 Å². The molecule has 0 amide bonds. The lowest BCUT2D eigenvalue weighted by Crippen LogP contribution is -2.40. The average molecular weight is 505 g/mol. The lowest BCUT2D eigenvalue weighted by atomic mass is 10.0. The van der Waals surface area contributed by atoms with Gasteiger partial charge in [-0.05, 0) is 63.1 Å². The first-order valence-corrected chi connectivity index (χ1v) is 10.2. The predicted octanol–water partition coefficient (Wildman–Crippen LogP) is 4.15. The highest BCUT2D eigenvalue weighted by Gasteiger charge is 2.30. The summed E-state index contributed by atoms with van der Waals surface area (Å²) in [5, 5.41) is 17.0. The van der Waals surface area contributed by atoms with E-state index in [9.17, 15) is 9.50 Å². The molecule has 28 heavy (non-hydrogen) atoms. The first-order valence-electron chi connectivity index (χ1n) is 10.2. The van der Waals surface area contributed by atoms with E-state index in [4.69, 9.17) is 4.74 Å². The predicted molar refractivity (Wildman–Crippen MR) is 121 cm³/mol. The number of nitrogens with zero attached hydrogens (tertiary/aromatic N) is 1. The van der Waals surface area contributed by atoms with Crippen LogP contribution in [0.4, 0.5) is 4.39 Å². The number of aliphatic hydroxyl groups is 1. The van der Waals surface area contributed by atoms with Crippen molar-refractivity contribution in [1.82, 2.24) is 10.6 Å². The van der Waals surface area contributed by atoms with Crippen LogP contribution in [-0.4, -0.2) is 36.4 Å². The van der Waals surface area contributed by atoms with Gasteiger partial charge in [0.25, 0.3) is 0 Å². The summed E-state index contributed by atoms with van der Waals surface area (Å²) in [4.78, 5) is 4.55. The SMILES string of the molecule is CCNC(=NCC1(O)CCCC1)NC(C)c1ccc(OCC2CC2)c(F)c1.I. The fourth-order valence-corrected chi connectivity index (χ4v) is 3.42. The molecule has 0 bridgehead atoms. The van der Waals surface area contributed by atoms with Crippen LogP contribution in [0.3, 0.4) is 0 Å². The van der Waals surface area contributed by atoms with Crippen LogP contribution in [0.2, 0.25) is 0 Å². The molecule has 2 fully saturated rings. The molecule has 3 rings (SSSR count). The molecule has 0 radical (unpaired) electrons. The Hall–Kier alpha value is -1.09. The van der Waals surface area contributed by atoms with Gasteiger partial charge in [-0.1, -0.05) is 18.9 Å². The van der Waals surface area contributed by atoms with Crippen molar-refractivity contribution in [2.75, 3.05) is 19.7 Å². The Morgan fingerprint density at radius 3 is 2.68 bits per heavy atom. The maximum absolute atomic E-state index is 14.3. The summed E-state index contributed by atoms with van der Waals surface area (Å²) in [5.41, 5.74) is 0.148. The minimum Gasteiger partial charge on any atom is -0.490 e. The van der Waals surface area contributed by atoms with Crippen molar-refractivity contribution >= 4 is 29.9 Å². The molecule has 1 aromatic carbocycles. The largest absolute Gasteiger partial charge is 0.490 e. The van der Waals surface area contributed by atoms with E-state index in [-0.39, 0.29) is 35.8 Å². The molecule has 5 nitrogen and oxygen atoms in total. The van der Waals surface area contributed by atoms with Crippen LogP contribution in [0, 0.1) is 11.7 Å². The van der Waals surface area contributed by atoms with Crippen LogP contribution in [0.25, 0.3) is 0 Å². The monoisotopic (exact) mass is 505 g/mol. The Morgan fingerprint density at radius 2 is 2.07 bits per heavy atom. The zero-order valence-corrected chi connectivity index (χ0v) is 19.2. The van der Waals surface area contributed by atoms with Crippen molar-refractivity contribution < 1.29 is 14.2 Å². The highest BCUT2D eigenvalue weighted by atomic mass is 127. The summed E-state index contributed by atoms with van der Waals surface area (Å²) in [7, 11) is 0. The molecule has 1 aromatic rings. The third-order valence-corrected chi connectivity index (χ3v) is 5.39. The number of nitrogens with one attached hydrogen (secondary N) is 2. The normalized spacial score (nSPS) is 19.6. The zero-order valence-electron chi connectivity index (χ0n) is 16.8. The van der Waals surface area contributed by atoms with Gasteiger partial charge in [0, 0.05) is 6.54 Å². The lowest BCUT2D eigenvalue weighted by molar-refractivity contribution is 0.0574. The molecule has 0 spiro atoms. The molecular formula is C21H33FIN3O2. The summed E-state index contributed by atoms with van der Waals surface area (Å²) in [6.45, 7) is 5.68. The molecule has 2 aliphatic rings. The van der Waals surface area contributed by atoms with Crippen molar-refractivity contribution in [2.45, 2.75) is 64.0 Å². The smallest absolute Gasteiger partial charge is 0.191 e. The number of halogens is 2. The van der Waals surface area contributed by atoms with E-state index in [1.165, 1.54) is 18.9 Å². The van der Waals surface area contributed by atoms with Gasteiger partial charge in [0.1, 0.15) is 0 Å². The fourth-order valence-electron chi connectivity index (χ4n) is 3.42. The number of ether oxygens (including phenoxy) is 1. The number of hydrogen-bond donors (Lipinski definition) is 3. The van der Waals surface area contributed by atoms with Gasteiger partial charge in [-0.25, -0.2) is 4.39 Å². The van der Waals surface area contributed by atoms with E-state index >= 15 is 0 Å². The first-order chi connectivity index (χ1) is 13.0. The molecule has 3 N–H and O–H groups in total. The van der Waals surface area contributed by atoms with E-state index in [0.29, 0.717) is 30.8 Å². The number of guanidine groups is 1. The van der Waals surface area contributed by atoms with Crippen LogP contribution in [0.15, 0.2) is 23.2 Å². The van der Waals surface area contributed by atoms with E-state index in [1.54, 1.807) is 6.07 Å². The standard InChI is InChI=1S/C21H32FN3O2.HI/c1-3-23-20(24-14-21(26)10-4-5-11-21)25-15(2)17-8-9-19(18(22)12-17)27-13-16-6-7-16;/h8-9,12,15-16,26H,3-7,10-11,13-14H2,1-2H3,(H2,23,24,25);1H. The first kappa shape index (κ1) is 23.2. The van der Waals surface area contributed by atoms with E-state index in [2.05, 4.69) is 15.6 Å². The Labute approximate surface area is 184 Å². The molecule has 1 unspecified atom stereocenters.